The molecule has 4 rings (SSSR count). The third kappa shape index (κ3) is 2.58. The number of benzene rings is 1. The van der Waals surface area contributed by atoms with Gasteiger partial charge in [-0.1, -0.05) is 23.7 Å². The molecule has 1 atom stereocenters. The molecule has 0 bridgehead atoms. The van der Waals surface area contributed by atoms with Crippen LogP contribution in [0.2, 0.25) is 5.02 Å². The van der Waals surface area contributed by atoms with Crippen molar-refractivity contribution in [1.82, 2.24) is 9.78 Å². The Morgan fingerprint density at radius 3 is 2.83 bits per heavy atom. The summed E-state index contributed by atoms with van der Waals surface area (Å²) in [6.45, 7) is 1.98. The highest BCUT2D eigenvalue weighted by atomic mass is 35.5. The van der Waals surface area contributed by atoms with Gasteiger partial charge in [-0.25, -0.2) is 4.68 Å². The highest BCUT2D eigenvalue weighted by molar-refractivity contribution is 6.34. The van der Waals surface area contributed by atoms with Crippen LogP contribution in [0.3, 0.4) is 0 Å². The lowest BCUT2D eigenvalue weighted by molar-refractivity contribution is 0.0851. The smallest absolute Gasteiger partial charge is 0.280 e. The van der Waals surface area contributed by atoms with Crippen LogP contribution in [0.5, 0.6) is 0 Å². The molecular weight excluding hydrogens is 324 g/mol. The second-order valence-electron chi connectivity index (χ2n) is 6.81. The first kappa shape index (κ1) is 15.9. The lowest BCUT2D eigenvalue weighted by Crippen LogP contribution is -2.26. The fourth-order valence-electron chi connectivity index (χ4n) is 3.74. The molecule has 4 nitrogen and oxygen atoms in total. The fraction of sp³-hybridized carbons (Fsp3) is 0.474. The number of aromatic nitrogens is 2. The van der Waals surface area contributed by atoms with E-state index in [1.807, 2.05) is 19.1 Å². The Kier molecular flexibility index (Phi) is 3.97. The number of fused-ring (bicyclic) bond motifs is 1. The molecule has 0 amide bonds. The van der Waals surface area contributed by atoms with Gasteiger partial charge in [0.25, 0.3) is 5.91 Å². The highest BCUT2D eigenvalue weighted by Gasteiger charge is 2.33. The molecule has 126 valence electrons. The quantitative estimate of drug-likeness (QED) is 0.847. The van der Waals surface area contributed by atoms with Gasteiger partial charge in [0.15, 0.2) is 0 Å². The molecule has 5 heteroatoms. The van der Waals surface area contributed by atoms with E-state index in [0.717, 1.165) is 49.1 Å². The van der Waals surface area contributed by atoms with Crippen LogP contribution < -0.4 is 0 Å². The topological polar surface area (TPSA) is 44.1 Å². The minimum absolute atomic E-state index is 0.108. The van der Waals surface area contributed by atoms with Crippen molar-refractivity contribution < 1.29 is 9.53 Å². The molecule has 1 fully saturated rings. The van der Waals surface area contributed by atoms with Gasteiger partial charge in [-0.3, -0.25) is 4.79 Å². The zero-order chi connectivity index (χ0) is 16.8. The van der Waals surface area contributed by atoms with Crippen LogP contribution in [0.15, 0.2) is 18.2 Å². The van der Waals surface area contributed by atoms with E-state index in [1.165, 1.54) is 5.56 Å². The van der Waals surface area contributed by atoms with Gasteiger partial charge in [0.05, 0.1) is 28.1 Å². The molecule has 24 heavy (non-hydrogen) atoms. The maximum absolute atomic E-state index is 13.3. The number of hydrogen-bond acceptors (Lipinski definition) is 3. The Bertz CT molecular complexity index is 808. The van der Waals surface area contributed by atoms with E-state index in [2.05, 4.69) is 5.10 Å². The fourth-order valence-corrected chi connectivity index (χ4v) is 4.00. The normalized spacial score (nSPS) is 20.0. The summed E-state index contributed by atoms with van der Waals surface area (Å²) in [5.74, 6) is 0.352. The summed E-state index contributed by atoms with van der Waals surface area (Å²) >= 11 is 6.41. The van der Waals surface area contributed by atoms with Crippen LogP contribution in [0.25, 0.3) is 0 Å². The molecule has 1 heterocycles. The van der Waals surface area contributed by atoms with E-state index < -0.39 is 0 Å². The molecule has 1 saturated carbocycles. The molecule has 2 aliphatic carbocycles. The lowest BCUT2D eigenvalue weighted by atomic mass is 9.93. The Balaban J connectivity index is 1.79. The number of ether oxygens (including phenoxy) is 1. The van der Waals surface area contributed by atoms with Crippen molar-refractivity contribution in [3.05, 3.63) is 51.3 Å². The first-order valence-corrected chi connectivity index (χ1v) is 8.91. The zero-order valence-corrected chi connectivity index (χ0v) is 14.8. The van der Waals surface area contributed by atoms with Crippen molar-refractivity contribution in [2.75, 3.05) is 7.11 Å². The molecule has 2 aliphatic rings. The van der Waals surface area contributed by atoms with E-state index in [1.54, 1.807) is 17.9 Å². The third-order valence-corrected chi connectivity index (χ3v) is 5.55. The van der Waals surface area contributed by atoms with Crippen molar-refractivity contribution in [1.29, 1.82) is 0 Å². The van der Waals surface area contributed by atoms with Crippen molar-refractivity contribution in [2.45, 2.75) is 51.0 Å². The van der Waals surface area contributed by atoms with E-state index in [-0.39, 0.29) is 12.0 Å². The largest absolute Gasteiger partial charge is 0.381 e. The minimum Gasteiger partial charge on any atom is -0.381 e. The van der Waals surface area contributed by atoms with Crippen molar-refractivity contribution in [2.24, 2.45) is 0 Å². The van der Waals surface area contributed by atoms with Gasteiger partial charge in [-0.2, -0.15) is 5.10 Å². The van der Waals surface area contributed by atoms with E-state index in [4.69, 9.17) is 16.3 Å². The highest BCUT2D eigenvalue weighted by Crippen LogP contribution is 2.43. The van der Waals surface area contributed by atoms with Crippen LogP contribution in [-0.4, -0.2) is 28.9 Å². The van der Waals surface area contributed by atoms with Crippen LogP contribution in [0.4, 0.5) is 0 Å². The standard InChI is InChI=1S/C19H21ClN2O2/c1-11-14-9-8-13(24-2)10-17(14)22(21-11)19(23)18-15(12-6-7-12)4-3-5-16(18)20/h3-5,12-13H,6-10H2,1-2H3. The number of aryl methyl sites for hydroxylation is 1. The number of carbonyl (C=O) groups excluding carboxylic acids is 1. The van der Waals surface area contributed by atoms with Gasteiger partial charge in [0, 0.05) is 13.5 Å². The number of carbonyl (C=O) groups is 1. The number of hydrogen-bond donors (Lipinski definition) is 0. The van der Waals surface area contributed by atoms with E-state index in [9.17, 15) is 4.79 Å². The Morgan fingerprint density at radius 2 is 2.12 bits per heavy atom. The Labute approximate surface area is 146 Å². The molecule has 1 aromatic carbocycles. The summed E-state index contributed by atoms with van der Waals surface area (Å²) < 4.78 is 7.09. The average Bonchev–Trinajstić information content (AvgIpc) is 3.38. The van der Waals surface area contributed by atoms with E-state index >= 15 is 0 Å². The summed E-state index contributed by atoms with van der Waals surface area (Å²) in [5, 5.41) is 5.07. The van der Waals surface area contributed by atoms with Crippen LogP contribution in [0, 0.1) is 6.92 Å². The first-order chi connectivity index (χ1) is 11.6. The van der Waals surface area contributed by atoms with Gasteiger partial charge >= 0.3 is 0 Å². The molecule has 0 radical (unpaired) electrons. The monoisotopic (exact) mass is 344 g/mol. The van der Waals surface area contributed by atoms with Gasteiger partial charge in [0.1, 0.15) is 0 Å². The van der Waals surface area contributed by atoms with Crippen LogP contribution >= 0.6 is 11.6 Å². The molecule has 1 aromatic heterocycles. The third-order valence-electron chi connectivity index (χ3n) is 5.23. The van der Waals surface area contributed by atoms with Crippen molar-refractivity contribution in [3.8, 4) is 0 Å². The van der Waals surface area contributed by atoms with Crippen molar-refractivity contribution in [3.63, 3.8) is 0 Å². The first-order valence-electron chi connectivity index (χ1n) is 8.53. The Hall–Kier alpha value is -1.65. The number of methoxy groups -OCH3 is 1. The molecule has 0 saturated heterocycles. The molecule has 2 aromatic rings. The van der Waals surface area contributed by atoms with Crippen molar-refractivity contribution >= 4 is 17.5 Å². The molecular formula is C19H21ClN2O2. The van der Waals surface area contributed by atoms with Crippen LogP contribution in [-0.2, 0) is 17.6 Å². The summed E-state index contributed by atoms with van der Waals surface area (Å²) in [4.78, 5) is 13.3. The zero-order valence-electron chi connectivity index (χ0n) is 14.0. The SMILES string of the molecule is COC1CCc2c(C)nn(C(=O)c3c(Cl)cccc3C3CC3)c2C1. The number of rotatable bonds is 3. The molecule has 0 N–H and O–H groups in total. The van der Waals surface area contributed by atoms with Gasteiger partial charge < -0.3 is 4.74 Å². The Morgan fingerprint density at radius 1 is 1.33 bits per heavy atom. The van der Waals surface area contributed by atoms with Gasteiger partial charge in [-0.05, 0) is 55.7 Å². The minimum atomic E-state index is -0.108. The molecule has 0 aliphatic heterocycles. The summed E-state index contributed by atoms with van der Waals surface area (Å²) in [7, 11) is 1.73. The second-order valence-corrected chi connectivity index (χ2v) is 7.21. The van der Waals surface area contributed by atoms with Gasteiger partial charge in [-0.15, -0.1) is 0 Å². The molecule has 1 unspecified atom stereocenters. The predicted molar refractivity (Wildman–Crippen MR) is 92.9 cm³/mol. The average molecular weight is 345 g/mol. The lowest BCUT2D eigenvalue weighted by Gasteiger charge is -2.22. The summed E-state index contributed by atoms with van der Waals surface area (Å²) in [6, 6.07) is 5.75. The number of halogens is 1. The molecule has 0 spiro atoms. The summed E-state index contributed by atoms with van der Waals surface area (Å²) in [6.07, 6.45) is 5.01. The number of nitrogens with zero attached hydrogens (tertiary/aromatic N) is 2. The summed E-state index contributed by atoms with van der Waals surface area (Å²) in [5.41, 5.74) is 4.79. The maximum atomic E-state index is 13.3. The van der Waals surface area contributed by atoms with E-state index in [0.29, 0.717) is 16.5 Å². The van der Waals surface area contributed by atoms with Gasteiger partial charge in [0.2, 0.25) is 0 Å². The van der Waals surface area contributed by atoms with Crippen LogP contribution in [0.1, 0.15) is 58.1 Å². The predicted octanol–water partition coefficient (Wildman–Crippen LogP) is 3.91. The maximum Gasteiger partial charge on any atom is 0.280 e. The second kappa shape index (κ2) is 6.01.